The van der Waals surface area contributed by atoms with Gasteiger partial charge in [-0.2, -0.15) is 18.2 Å². The highest BCUT2D eigenvalue weighted by atomic mass is 19.4. The number of rotatable bonds is 7. The fourth-order valence-corrected chi connectivity index (χ4v) is 4.66. The van der Waals surface area contributed by atoms with Gasteiger partial charge in [-0.15, -0.1) is 0 Å². The normalized spacial score (nSPS) is 21.0. The van der Waals surface area contributed by atoms with Crippen LogP contribution in [-0.4, -0.2) is 46.3 Å². The number of anilines is 2. The maximum atomic E-state index is 15.1. The number of allylic oxidation sites excluding steroid dienone is 1. The number of piperidine rings is 1. The molecule has 2 heterocycles. The zero-order valence-electron chi connectivity index (χ0n) is 20.9. The van der Waals surface area contributed by atoms with Gasteiger partial charge in [-0.05, 0) is 75.0 Å². The highest BCUT2D eigenvalue weighted by Crippen LogP contribution is 2.49. The Morgan fingerprint density at radius 3 is 2.47 bits per heavy atom. The van der Waals surface area contributed by atoms with Crippen molar-refractivity contribution < 1.29 is 26.3 Å². The van der Waals surface area contributed by atoms with Crippen molar-refractivity contribution in [2.75, 3.05) is 25.0 Å². The average Bonchev–Trinajstić information content (AvgIpc) is 3.40. The lowest BCUT2D eigenvalue weighted by Gasteiger charge is -2.33. The molecule has 2 fully saturated rings. The first-order valence-electron chi connectivity index (χ1n) is 12.1. The van der Waals surface area contributed by atoms with Gasteiger partial charge >= 0.3 is 6.18 Å². The summed E-state index contributed by atoms with van der Waals surface area (Å²) in [6.45, 7) is 4.99. The van der Waals surface area contributed by atoms with Crippen molar-refractivity contribution in [2.45, 2.75) is 51.1 Å². The number of hydrogen-bond acceptors (Lipinski definition) is 6. The van der Waals surface area contributed by atoms with E-state index in [1.165, 1.54) is 19.1 Å². The Morgan fingerprint density at radius 1 is 1.24 bits per heavy atom. The number of halogens is 6. The summed E-state index contributed by atoms with van der Waals surface area (Å²) in [5.41, 5.74) is 11.7. The minimum Gasteiger partial charge on any atom is -0.402 e. The van der Waals surface area contributed by atoms with Crippen molar-refractivity contribution in [1.29, 1.82) is 0 Å². The fourth-order valence-electron chi connectivity index (χ4n) is 4.66. The predicted molar refractivity (Wildman–Crippen MR) is 132 cm³/mol. The van der Waals surface area contributed by atoms with Gasteiger partial charge in [-0.1, -0.05) is 0 Å². The first kappa shape index (κ1) is 27.7. The molecular weight excluding hydrogens is 512 g/mol. The van der Waals surface area contributed by atoms with E-state index in [0.29, 0.717) is 38.7 Å². The molecule has 2 aliphatic rings. The average molecular weight is 542 g/mol. The molecule has 13 heteroatoms. The third-order valence-corrected chi connectivity index (χ3v) is 6.75. The number of alkyl halides is 5. The molecule has 1 aliphatic heterocycles. The number of aliphatic imine (C=N–C) groups is 1. The predicted octanol–water partition coefficient (Wildman–Crippen LogP) is 5.37. The maximum absolute atomic E-state index is 15.1. The summed E-state index contributed by atoms with van der Waals surface area (Å²) >= 11 is 0. The summed E-state index contributed by atoms with van der Waals surface area (Å²) in [6.07, 6.45) is -1.69. The van der Waals surface area contributed by atoms with E-state index >= 15 is 4.39 Å². The molecule has 1 aliphatic carbocycles. The largest absolute Gasteiger partial charge is 0.421 e. The first-order chi connectivity index (χ1) is 17.7. The quantitative estimate of drug-likeness (QED) is 0.247. The van der Waals surface area contributed by atoms with E-state index in [9.17, 15) is 22.0 Å². The van der Waals surface area contributed by atoms with Crippen molar-refractivity contribution in [3.63, 3.8) is 0 Å². The highest BCUT2D eigenvalue weighted by Gasteiger charge is 2.57. The van der Waals surface area contributed by atoms with Crippen LogP contribution in [0.5, 0.6) is 0 Å². The van der Waals surface area contributed by atoms with Gasteiger partial charge in [0.15, 0.2) is 5.82 Å². The number of aromatic nitrogens is 2. The van der Waals surface area contributed by atoms with Crippen LogP contribution in [0.25, 0.3) is 0 Å². The Bertz CT molecular complexity index is 1250. The Hall–Kier alpha value is -3.35. The zero-order valence-corrected chi connectivity index (χ0v) is 20.9. The number of nitrogens with zero attached hydrogens (tertiary/aromatic N) is 4. The molecule has 0 spiro atoms. The molecule has 1 aromatic carbocycles. The van der Waals surface area contributed by atoms with Gasteiger partial charge in [0.1, 0.15) is 17.2 Å². The van der Waals surface area contributed by atoms with Gasteiger partial charge in [0.05, 0.1) is 5.69 Å². The Morgan fingerprint density at radius 2 is 1.89 bits per heavy atom. The molecule has 7 nitrogen and oxygen atoms in total. The van der Waals surface area contributed by atoms with Crippen molar-refractivity contribution in [1.82, 2.24) is 14.9 Å². The van der Waals surface area contributed by atoms with E-state index in [1.807, 2.05) is 11.8 Å². The van der Waals surface area contributed by atoms with E-state index in [0.717, 1.165) is 11.1 Å². The molecule has 1 atom stereocenters. The number of nitrogens with one attached hydrogen (secondary N) is 1. The van der Waals surface area contributed by atoms with Crippen molar-refractivity contribution in [2.24, 2.45) is 22.4 Å². The van der Waals surface area contributed by atoms with E-state index < -0.39 is 35.2 Å². The van der Waals surface area contributed by atoms with Crippen molar-refractivity contribution in [3.05, 3.63) is 52.6 Å². The van der Waals surface area contributed by atoms with Gasteiger partial charge in [-0.3, -0.25) is 0 Å². The van der Waals surface area contributed by atoms with Crippen LogP contribution in [0.3, 0.4) is 0 Å². The van der Waals surface area contributed by atoms with Gasteiger partial charge in [0.2, 0.25) is 5.95 Å². The van der Waals surface area contributed by atoms with Crippen LogP contribution >= 0.6 is 0 Å². The molecule has 1 saturated heterocycles. The Kier molecular flexibility index (Phi) is 7.60. The van der Waals surface area contributed by atoms with Crippen LogP contribution in [0, 0.1) is 18.7 Å². The van der Waals surface area contributed by atoms with Crippen LogP contribution in [0.2, 0.25) is 0 Å². The third-order valence-electron chi connectivity index (χ3n) is 6.75. The first-order valence-corrected chi connectivity index (χ1v) is 12.1. The SMILES string of the molecule is C/C(N)=C/C(N)=Nc1nc(Nc2cc(C)c(C3CCN(CC4CC4(F)F)CC3)cc2F)ncc1C(F)(F)F. The van der Waals surface area contributed by atoms with E-state index in [2.05, 4.69) is 20.3 Å². The molecule has 2 aromatic rings. The summed E-state index contributed by atoms with van der Waals surface area (Å²) in [7, 11) is 0. The molecule has 206 valence electrons. The Balaban J connectivity index is 1.50. The molecule has 4 rings (SSSR count). The number of amidine groups is 1. The number of nitrogens with two attached hydrogens (primary N) is 2. The molecule has 0 amide bonds. The topological polar surface area (TPSA) is 105 Å². The number of hydrogen-bond donors (Lipinski definition) is 3. The smallest absolute Gasteiger partial charge is 0.402 e. The van der Waals surface area contributed by atoms with Crippen LogP contribution in [-0.2, 0) is 6.18 Å². The second kappa shape index (κ2) is 10.4. The number of aryl methyl sites for hydroxylation is 1. The summed E-state index contributed by atoms with van der Waals surface area (Å²) in [6, 6.07) is 2.93. The molecule has 38 heavy (non-hydrogen) atoms. The molecular formula is C25H29F6N7. The third kappa shape index (κ3) is 6.55. The lowest BCUT2D eigenvalue weighted by Crippen LogP contribution is -2.35. The second-order valence-electron chi connectivity index (χ2n) is 9.90. The van der Waals surface area contributed by atoms with Crippen molar-refractivity contribution in [3.8, 4) is 0 Å². The second-order valence-corrected chi connectivity index (χ2v) is 9.90. The summed E-state index contributed by atoms with van der Waals surface area (Å²) in [5.74, 6) is -5.00. The minimum absolute atomic E-state index is 0.0139. The number of likely N-dealkylation sites (tertiary alicyclic amines) is 1. The van der Waals surface area contributed by atoms with Gasteiger partial charge in [0.25, 0.3) is 5.92 Å². The van der Waals surface area contributed by atoms with Crippen LogP contribution in [0.15, 0.2) is 35.1 Å². The summed E-state index contributed by atoms with van der Waals surface area (Å²) < 4.78 is 81.8. The summed E-state index contributed by atoms with van der Waals surface area (Å²) in [5, 5.41) is 2.63. The standard InChI is InChI=1S/C25H29F6N7/c1-13-7-20(19(26)9-17(13)15-3-5-38(6-4-15)12-16-10-24(16,27)28)35-23-34-11-18(25(29,30)31)22(37-23)36-21(33)8-14(2)32/h7-9,11,15-16H,3-6,10,12,32H2,1-2H3,(H3,33,34,35,36,37)/b14-8-. The zero-order chi connectivity index (χ0) is 27.8. The summed E-state index contributed by atoms with van der Waals surface area (Å²) in [4.78, 5) is 13.2. The fraction of sp³-hybridized carbons (Fsp3) is 0.480. The van der Waals surface area contributed by atoms with Gasteiger partial charge in [-0.25, -0.2) is 23.1 Å². The highest BCUT2D eigenvalue weighted by molar-refractivity contribution is 5.93. The monoisotopic (exact) mass is 541 g/mol. The van der Waals surface area contributed by atoms with Gasteiger partial charge in [0, 0.05) is 30.8 Å². The van der Waals surface area contributed by atoms with Gasteiger partial charge < -0.3 is 21.7 Å². The molecule has 0 radical (unpaired) electrons. The lowest BCUT2D eigenvalue weighted by molar-refractivity contribution is -0.137. The van der Waals surface area contributed by atoms with Crippen molar-refractivity contribution >= 4 is 23.3 Å². The van der Waals surface area contributed by atoms with E-state index in [1.54, 1.807) is 6.07 Å². The lowest BCUT2D eigenvalue weighted by atomic mass is 9.86. The molecule has 1 saturated carbocycles. The minimum atomic E-state index is -4.79. The van der Waals surface area contributed by atoms with Crippen LogP contribution < -0.4 is 16.8 Å². The maximum Gasteiger partial charge on any atom is 0.421 e. The molecule has 1 unspecified atom stereocenters. The van der Waals surface area contributed by atoms with E-state index in [4.69, 9.17) is 11.5 Å². The molecule has 1 aromatic heterocycles. The molecule has 0 bridgehead atoms. The van der Waals surface area contributed by atoms with E-state index in [-0.39, 0.29) is 35.5 Å². The van der Waals surface area contributed by atoms with Crippen LogP contribution in [0.1, 0.15) is 48.8 Å². The van der Waals surface area contributed by atoms with Crippen LogP contribution in [0.4, 0.5) is 43.8 Å². The number of benzene rings is 1. The Labute approximate surface area is 216 Å². The molecule has 5 N–H and O–H groups in total.